The first-order valence-electron chi connectivity index (χ1n) is 7.17. The van der Waals surface area contributed by atoms with Crippen molar-refractivity contribution in [1.29, 1.82) is 0 Å². The van der Waals surface area contributed by atoms with Crippen LogP contribution in [0.1, 0.15) is 22.8 Å². The van der Waals surface area contributed by atoms with E-state index in [2.05, 4.69) is 15.3 Å². The highest BCUT2D eigenvalue weighted by atomic mass is 19.3. The van der Waals surface area contributed by atoms with E-state index in [1.54, 1.807) is 25.1 Å². The van der Waals surface area contributed by atoms with Gasteiger partial charge in [-0.1, -0.05) is 0 Å². The average Bonchev–Trinajstić information content (AvgIpc) is 2.59. The van der Waals surface area contributed by atoms with Gasteiger partial charge in [-0.2, -0.15) is 13.9 Å². The lowest BCUT2D eigenvalue weighted by molar-refractivity contribution is -0.0512. The van der Waals surface area contributed by atoms with Gasteiger partial charge >= 0.3 is 12.6 Å². The molecular formula is C17H16F2N2O4. The molecule has 2 aromatic carbocycles. The number of benzene rings is 2. The molecule has 0 aliphatic carbocycles. The molecule has 0 amide bonds. The van der Waals surface area contributed by atoms with Gasteiger partial charge in [0.15, 0.2) is 11.5 Å². The molecule has 132 valence electrons. The number of hydrogen-bond acceptors (Lipinski definition) is 5. The van der Waals surface area contributed by atoms with Crippen LogP contribution in [0.4, 0.5) is 14.5 Å². The number of nitrogens with one attached hydrogen (secondary N) is 1. The Morgan fingerprint density at radius 2 is 1.76 bits per heavy atom. The predicted molar refractivity (Wildman–Crippen MR) is 88.9 cm³/mol. The maximum atomic E-state index is 12.3. The maximum Gasteiger partial charge on any atom is 0.387 e. The van der Waals surface area contributed by atoms with E-state index in [0.29, 0.717) is 17.0 Å². The number of methoxy groups -OCH3 is 1. The summed E-state index contributed by atoms with van der Waals surface area (Å²) in [6.07, 6.45) is 0. The lowest BCUT2D eigenvalue weighted by atomic mass is 10.1. The molecule has 0 atom stereocenters. The number of ether oxygens (including phenoxy) is 2. The third kappa shape index (κ3) is 4.90. The van der Waals surface area contributed by atoms with Crippen LogP contribution in [0.25, 0.3) is 0 Å². The Morgan fingerprint density at radius 1 is 1.12 bits per heavy atom. The zero-order valence-electron chi connectivity index (χ0n) is 13.5. The molecule has 0 aromatic heterocycles. The normalized spacial score (nSPS) is 11.3. The number of nitrogens with zero attached hydrogens (tertiary/aromatic N) is 1. The Balaban J connectivity index is 2.14. The van der Waals surface area contributed by atoms with Crippen molar-refractivity contribution in [1.82, 2.24) is 0 Å². The highest BCUT2D eigenvalue weighted by molar-refractivity contribution is 5.99. The van der Waals surface area contributed by atoms with E-state index in [1.165, 1.54) is 31.4 Å². The highest BCUT2D eigenvalue weighted by Gasteiger charge is 2.12. The molecule has 0 aliphatic heterocycles. The summed E-state index contributed by atoms with van der Waals surface area (Å²) in [5, 5.41) is 13.0. The second-order valence-electron chi connectivity index (χ2n) is 4.94. The number of carbonyl (C=O) groups is 1. The summed E-state index contributed by atoms with van der Waals surface area (Å²) in [6, 6.07) is 10.6. The number of carboxylic acids is 1. The minimum absolute atomic E-state index is 0.0636. The molecule has 0 saturated heterocycles. The molecule has 6 nitrogen and oxygen atoms in total. The van der Waals surface area contributed by atoms with Crippen LogP contribution < -0.4 is 14.9 Å². The minimum Gasteiger partial charge on any atom is -0.493 e. The van der Waals surface area contributed by atoms with E-state index in [4.69, 9.17) is 9.84 Å². The molecule has 0 radical (unpaired) electrons. The van der Waals surface area contributed by atoms with Gasteiger partial charge in [0, 0.05) is 5.56 Å². The molecule has 0 heterocycles. The van der Waals surface area contributed by atoms with Crippen molar-refractivity contribution in [3.8, 4) is 11.5 Å². The number of rotatable bonds is 7. The second-order valence-corrected chi connectivity index (χ2v) is 4.94. The molecule has 8 heteroatoms. The summed E-state index contributed by atoms with van der Waals surface area (Å²) in [7, 11) is 1.35. The first kappa shape index (κ1) is 18.2. The smallest absolute Gasteiger partial charge is 0.387 e. The number of aromatic carboxylic acids is 1. The van der Waals surface area contributed by atoms with E-state index >= 15 is 0 Å². The fourth-order valence-electron chi connectivity index (χ4n) is 1.99. The van der Waals surface area contributed by atoms with Crippen LogP contribution in [0.15, 0.2) is 47.6 Å². The Morgan fingerprint density at radius 3 is 2.32 bits per heavy atom. The first-order chi connectivity index (χ1) is 11.9. The van der Waals surface area contributed by atoms with Gasteiger partial charge in [-0.25, -0.2) is 4.79 Å². The molecule has 2 rings (SSSR count). The van der Waals surface area contributed by atoms with Crippen molar-refractivity contribution in [3.63, 3.8) is 0 Å². The predicted octanol–water partition coefficient (Wildman–Crippen LogP) is 3.83. The maximum absolute atomic E-state index is 12.3. The summed E-state index contributed by atoms with van der Waals surface area (Å²) in [6.45, 7) is -1.22. The quantitative estimate of drug-likeness (QED) is 0.586. The molecule has 0 aliphatic rings. The Labute approximate surface area is 142 Å². The van der Waals surface area contributed by atoms with Gasteiger partial charge in [-0.15, -0.1) is 0 Å². The van der Waals surface area contributed by atoms with Crippen molar-refractivity contribution in [2.24, 2.45) is 5.10 Å². The van der Waals surface area contributed by atoms with Crippen molar-refractivity contribution in [2.45, 2.75) is 13.5 Å². The molecule has 2 aromatic rings. The monoisotopic (exact) mass is 350 g/mol. The molecule has 0 fully saturated rings. The topological polar surface area (TPSA) is 80.2 Å². The summed E-state index contributed by atoms with van der Waals surface area (Å²) in [5.41, 5.74) is 4.79. The Bertz CT molecular complexity index is 777. The van der Waals surface area contributed by atoms with Crippen LogP contribution in [0.2, 0.25) is 0 Å². The lowest BCUT2D eigenvalue weighted by Crippen LogP contribution is -2.05. The van der Waals surface area contributed by atoms with Gasteiger partial charge in [0.2, 0.25) is 0 Å². The molecule has 0 unspecified atom stereocenters. The van der Waals surface area contributed by atoms with Crippen molar-refractivity contribution < 1.29 is 28.2 Å². The van der Waals surface area contributed by atoms with Crippen LogP contribution in [0, 0.1) is 0 Å². The summed E-state index contributed by atoms with van der Waals surface area (Å²) in [4.78, 5) is 10.8. The number of carboxylic acid groups (broad SMARTS) is 1. The summed E-state index contributed by atoms with van der Waals surface area (Å²) >= 11 is 0. The summed E-state index contributed by atoms with van der Waals surface area (Å²) in [5.74, 6) is -0.908. The van der Waals surface area contributed by atoms with Crippen molar-refractivity contribution in [2.75, 3.05) is 12.5 Å². The first-order valence-corrected chi connectivity index (χ1v) is 7.17. The van der Waals surface area contributed by atoms with Crippen LogP contribution >= 0.6 is 0 Å². The number of hydrazone groups is 1. The van der Waals surface area contributed by atoms with Gasteiger partial charge in [-0.05, 0) is 49.4 Å². The second kappa shape index (κ2) is 8.09. The minimum atomic E-state index is -2.94. The van der Waals surface area contributed by atoms with Gasteiger partial charge in [0.05, 0.1) is 24.1 Å². The Hall–Kier alpha value is -3.16. The molecule has 25 heavy (non-hydrogen) atoms. The van der Waals surface area contributed by atoms with Gasteiger partial charge < -0.3 is 14.6 Å². The third-order valence-corrected chi connectivity index (χ3v) is 3.28. The SMILES string of the molecule is COc1cc(/C(C)=N\Nc2ccc(C(=O)O)cc2)ccc1OC(F)F. The van der Waals surface area contributed by atoms with E-state index in [-0.39, 0.29) is 17.1 Å². The molecule has 0 saturated carbocycles. The van der Waals surface area contributed by atoms with E-state index in [1.807, 2.05) is 0 Å². The van der Waals surface area contributed by atoms with Crippen LogP contribution in [-0.4, -0.2) is 30.5 Å². The highest BCUT2D eigenvalue weighted by Crippen LogP contribution is 2.29. The lowest BCUT2D eigenvalue weighted by Gasteiger charge is -2.11. The van der Waals surface area contributed by atoms with Gasteiger partial charge in [0.1, 0.15) is 0 Å². The van der Waals surface area contributed by atoms with Crippen molar-refractivity contribution >= 4 is 17.4 Å². The zero-order valence-corrected chi connectivity index (χ0v) is 13.5. The fraction of sp³-hybridized carbons (Fsp3) is 0.176. The summed E-state index contributed by atoms with van der Waals surface area (Å²) < 4.78 is 34.1. The number of alkyl halides is 2. The van der Waals surface area contributed by atoms with Crippen LogP contribution in [0.3, 0.4) is 0 Å². The molecule has 2 N–H and O–H groups in total. The number of hydrogen-bond donors (Lipinski definition) is 2. The van der Waals surface area contributed by atoms with E-state index in [9.17, 15) is 13.6 Å². The molecular weight excluding hydrogens is 334 g/mol. The average molecular weight is 350 g/mol. The third-order valence-electron chi connectivity index (χ3n) is 3.28. The Kier molecular flexibility index (Phi) is 5.89. The zero-order chi connectivity index (χ0) is 18.4. The van der Waals surface area contributed by atoms with E-state index in [0.717, 1.165) is 0 Å². The van der Waals surface area contributed by atoms with Crippen LogP contribution in [-0.2, 0) is 0 Å². The number of halogens is 2. The fourth-order valence-corrected chi connectivity index (χ4v) is 1.99. The van der Waals surface area contributed by atoms with Crippen LogP contribution in [0.5, 0.6) is 11.5 Å². The standard InChI is InChI=1S/C17H16F2N2O4/c1-10(20-21-13-6-3-11(4-7-13)16(22)23)12-5-8-14(25-17(18)19)15(9-12)24-2/h3-9,17,21H,1-2H3,(H,22,23)/b20-10-. The molecule has 0 spiro atoms. The molecule has 0 bridgehead atoms. The van der Waals surface area contributed by atoms with Crippen molar-refractivity contribution in [3.05, 3.63) is 53.6 Å². The largest absolute Gasteiger partial charge is 0.493 e. The van der Waals surface area contributed by atoms with E-state index < -0.39 is 12.6 Å². The number of anilines is 1. The van der Waals surface area contributed by atoms with Gasteiger partial charge in [-0.3, -0.25) is 5.43 Å². The van der Waals surface area contributed by atoms with Gasteiger partial charge in [0.25, 0.3) is 0 Å².